The van der Waals surface area contributed by atoms with Gasteiger partial charge in [-0.3, -0.25) is 0 Å². The number of alkyl carbamates (subject to hydrolysis) is 1. The Balaban J connectivity index is 2.42. The quantitative estimate of drug-likeness (QED) is 0.842. The SMILES string of the molecule is CCC(CNCc1cc(C)cc(C)c1)NC(=O)OC(C)(C)C. The molecule has 1 unspecified atom stereocenters. The summed E-state index contributed by atoms with van der Waals surface area (Å²) in [7, 11) is 0. The number of aryl methyl sites for hydroxylation is 2. The van der Waals surface area contributed by atoms with Gasteiger partial charge in [-0.25, -0.2) is 4.79 Å². The molecular formula is C18H30N2O2. The molecule has 0 aromatic heterocycles. The van der Waals surface area contributed by atoms with Gasteiger partial charge in [-0.15, -0.1) is 0 Å². The van der Waals surface area contributed by atoms with E-state index in [1.54, 1.807) is 0 Å². The number of carbonyl (C=O) groups excluding carboxylic acids is 1. The summed E-state index contributed by atoms with van der Waals surface area (Å²) >= 11 is 0. The Morgan fingerprint density at radius 1 is 1.18 bits per heavy atom. The molecule has 1 amide bonds. The summed E-state index contributed by atoms with van der Waals surface area (Å²) in [5, 5.41) is 6.31. The van der Waals surface area contributed by atoms with Gasteiger partial charge in [-0.1, -0.05) is 36.2 Å². The van der Waals surface area contributed by atoms with E-state index in [1.165, 1.54) is 16.7 Å². The van der Waals surface area contributed by atoms with Crippen molar-refractivity contribution in [3.05, 3.63) is 34.9 Å². The van der Waals surface area contributed by atoms with E-state index in [0.717, 1.165) is 19.5 Å². The fourth-order valence-electron chi connectivity index (χ4n) is 2.33. The van der Waals surface area contributed by atoms with Crippen molar-refractivity contribution in [1.29, 1.82) is 0 Å². The van der Waals surface area contributed by atoms with Crippen LogP contribution in [0.15, 0.2) is 18.2 Å². The van der Waals surface area contributed by atoms with Gasteiger partial charge in [0.2, 0.25) is 0 Å². The molecule has 4 nitrogen and oxygen atoms in total. The van der Waals surface area contributed by atoms with E-state index in [1.807, 2.05) is 20.8 Å². The number of rotatable bonds is 6. The first-order valence-electron chi connectivity index (χ1n) is 7.97. The lowest BCUT2D eigenvalue weighted by Crippen LogP contribution is -2.43. The Hall–Kier alpha value is -1.55. The molecule has 0 aliphatic heterocycles. The van der Waals surface area contributed by atoms with E-state index < -0.39 is 5.60 Å². The first-order valence-corrected chi connectivity index (χ1v) is 7.97. The molecule has 0 radical (unpaired) electrons. The monoisotopic (exact) mass is 306 g/mol. The molecule has 0 spiro atoms. The van der Waals surface area contributed by atoms with E-state index in [4.69, 9.17) is 4.74 Å². The second-order valence-corrected chi connectivity index (χ2v) is 6.88. The summed E-state index contributed by atoms with van der Waals surface area (Å²) in [6, 6.07) is 6.60. The molecule has 0 saturated heterocycles. The standard InChI is InChI=1S/C18H30N2O2/c1-7-16(20-17(21)22-18(4,5)6)12-19-11-15-9-13(2)8-14(3)10-15/h8-10,16,19H,7,11-12H2,1-6H3,(H,20,21). The molecule has 1 rings (SSSR count). The van der Waals surface area contributed by atoms with E-state index >= 15 is 0 Å². The number of hydrogen-bond donors (Lipinski definition) is 2. The largest absolute Gasteiger partial charge is 0.444 e. The highest BCUT2D eigenvalue weighted by Gasteiger charge is 2.18. The molecule has 0 saturated carbocycles. The molecule has 0 aliphatic carbocycles. The minimum Gasteiger partial charge on any atom is -0.444 e. The van der Waals surface area contributed by atoms with Crippen LogP contribution in [0.25, 0.3) is 0 Å². The number of hydrogen-bond acceptors (Lipinski definition) is 3. The number of ether oxygens (including phenoxy) is 1. The maximum Gasteiger partial charge on any atom is 0.407 e. The maximum atomic E-state index is 11.8. The van der Waals surface area contributed by atoms with Crippen molar-refractivity contribution < 1.29 is 9.53 Å². The van der Waals surface area contributed by atoms with Gasteiger partial charge < -0.3 is 15.4 Å². The molecule has 2 N–H and O–H groups in total. The summed E-state index contributed by atoms with van der Waals surface area (Å²) in [5.74, 6) is 0. The van der Waals surface area contributed by atoms with Crippen LogP contribution in [-0.4, -0.2) is 24.3 Å². The maximum absolute atomic E-state index is 11.8. The van der Waals surface area contributed by atoms with Crippen molar-refractivity contribution in [3.63, 3.8) is 0 Å². The molecule has 1 atom stereocenters. The van der Waals surface area contributed by atoms with Gasteiger partial charge in [0, 0.05) is 19.1 Å². The Morgan fingerprint density at radius 2 is 1.77 bits per heavy atom. The lowest BCUT2D eigenvalue weighted by atomic mass is 10.1. The molecule has 1 aromatic carbocycles. The molecule has 1 aromatic rings. The molecule has 0 fully saturated rings. The van der Waals surface area contributed by atoms with E-state index in [0.29, 0.717) is 0 Å². The van der Waals surface area contributed by atoms with Crippen LogP contribution in [0.2, 0.25) is 0 Å². The van der Waals surface area contributed by atoms with Crippen LogP contribution in [-0.2, 0) is 11.3 Å². The number of nitrogens with one attached hydrogen (secondary N) is 2. The second-order valence-electron chi connectivity index (χ2n) is 6.88. The highest BCUT2D eigenvalue weighted by molar-refractivity contribution is 5.68. The third kappa shape index (κ3) is 7.46. The average molecular weight is 306 g/mol. The molecule has 0 aliphatic rings. The minimum absolute atomic E-state index is 0.0701. The molecule has 0 heterocycles. The zero-order valence-electron chi connectivity index (χ0n) is 14.7. The van der Waals surface area contributed by atoms with Crippen molar-refractivity contribution in [1.82, 2.24) is 10.6 Å². The van der Waals surface area contributed by atoms with Gasteiger partial charge >= 0.3 is 6.09 Å². The van der Waals surface area contributed by atoms with E-state index in [2.05, 4.69) is 49.6 Å². The molecule has 0 bridgehead atoms. The van der Waals surface area contributed by atoms with Gasteiger partial charge in [-0.2, -0.15) is 0 Å². The number of carbonyl (C=O) groups is 1. The molecular weight excluding hydrogens is 276 g/mol. The summed E-state index contributed by atoms with van der Waals surface area (Å²) in [6.07, 6.45) is 0.506. The molecule has 4 heteroatoms. The van der Waals surface area contributed by atoms with Crippen molar-refractivity contribution in [2.45, 2.75) is 66.2 Å². The predicted octanol–water partition coefficient (Wildman–Crippen LogP) is 3.70. The van der Waals surface area contributed by atoms with Gasteiger partial charge in [0.15, 0.2) is 0 Å². The van der Waals surface area contributed by atoms with Crippen molar-refractivity contribution >= 4 is 6.09 Å². The van der Waals surface area contributed by atoms with Gasteiger partial charge in [0.1, 0.15) is 5.60 Å². The second kappa shape index (κ2) is 8.18. The highest BCUT2D eigenvalue weighted by atomic mass is 16.6. The summed E-state index contributed by atoms with van der Waals surface area (Å²) in [5.41, 5.74) is 3.35. The lowest BCUT2D eigenvalue weighted by molar-refractivity contribution is 0.0502. The third-order valence-electron chi connectivity index (χ3n) is 3.21. The first-order chi connectivity index (χ1) is 10.2. The van der Waals surface area contributed by atoms with Crippen molar-refractivity contribution in [2.24, 2.45) is 0 Å². The zero-order chi connectivity index (χ0) is 16.8. The van der Waals surface area contributed by atoms with Crippen LogP contribution >= 0.6 is 0 Å². The highest BCUT2D eigenvalue weighted by Crippen LogP contribution is 2.09. The van der Waals surface area contributed by atoms with E-state index in [9.17, 15) is 4.79 Å². The number of amides is 1. The molecule has 22 heavy (non-hydrogen) atoms. The topological polar surface area (TPSA) is 50.4 Å². The van der Waals surface area contributed by atoms with Gasteiger partial charge in [0.05, 0.1) is 0 Å². The van der Waals surface area contributed by atoms with Crippen LogP contribution in [0.3, 0.4) is 0 Å². The zero-order valence-corrected chi connectivity index (χ0v) is 14.7. The van der Waals surface area contributed by atoms with Crippen molar-refractivity contribution in [2.75, 3.05) is 6.54 Å². The normalized spacial score (nSPS) is 12.8. The third-order valence-corrected chi connectivity index (χ3v) is 3.21. The summed E-state index contributed by atoms with van der Waals surface area (Å²) < 4.78 is 5.29. The summed E-state index contributed by atoms with van der Waals surface area (Å²) in [6.45, 7) is 13.4. The number of benzene rings is 1. The average Bonchev–Trinajstić information content (AvgIpc) is 2.34. The fraction of sp³-hybridized carbons (Fsp3) is 0.611. The lowest BCUT2D eigenvalue weighted by Gasteiger charge is -2.23. The Bertz CT molecular complexity index is 472. The van der Waals surface area contributed by atoms with Crippen LogP contribution in [0.1, 0.15) is 50.8 Å². The fourth-order valence-corrected chi connectivity index (χ4v) is 2.33. The first kappa shape index (κ1) is 18.5. The van der Waals surface area contributed by atoms with Gasteiger partial charge in [-0.05, 0) is 46.6 Å². The van der Waals surface area contributed by atoms with Crippen LogP contribution in [0.4, 0.5) is 4.79 Å². The van der Waals surface area contributed by atoms with Gasteiger partial charge in [0.25, 0.3) is 0 Å². The predicted molar refractivity (Wildman–Crippen MR) is 91.1 cm³/mol. The van der Waals surface area contributed by atoms with E-state index in [-0.39, 0.29) is 12.1 Å². The smallest absolute Gasteiger partial charge is 0.407 e. The molecule has 124 valence electrons. The Kier molecular flexibility index (Phi) is 6.88. The minimum atomic E-state index is -0.463. The summed E-state index contributed by atoms with van der Waals surface area (Å²) in [4.78, 5) is 11.8. The van der Waals surface area contributed by atoms with Crippen molar-refractivity contribution in [3.8, 4) is 0 Å². The Morgan fingerprint density at radius 3 is 2.27 bits per heavy atom. The van der Waals surface area contributed by atoms with Crippen LogP contribution in [0.5, 0.6) is 0 Å². The van der Waals surface area contributed by atoms with Crippen LogP contribution < -0.4 is 10.6 Å². The Labute approximate surface area is 134 Å². The van der Waals surface area contributed by atoms with Crippen LogP contribution in [0, 0.1) is 13.8 Å².